The molecule has 6 heteroatoms. The fourth-order valence-electron chi connectivity index (χ4n) is 2.31. The van der Waals surface area contributed by atoms with Crippen LogP contribution in [0.15, 0.2) is 42.5 Å². The molecule has 0 aliphatic carbocycles. The van der Waals surface area contributed by atoms with Crippen molar-refractivity contribution in [2.24, 2.45) is 0 Å². The number of methoxy groups -OCH3 is 1. The fraction of sp³-hybridized carbons (Fsp3) is 0.176. The van der Waals surface area contributed by atoms with Gasteiger partial charge in [-0.3, -0.25) is 4.79 Å². The highest BCUT2D eigenvalue weighted by Crippen LogP contribution is 2.18. The molecule has 0 atom stereocenters. The lowest BCUT2D eigenvalue weighted by Gasteiger charge is -2.04. The Morgan fingerprint density at radius 3 is 2.96 bits per heavy atom. The largest absolute Gasteiger partial charge is 0.497 e. The molecule has 2 aromatic carbocycles. The van der Waals surface area contributed by atoms with Crippen LogP contribution < -0.4 is 10.1 Å². The van der Waals surface area contributed by atoms with Crippen molar-refractivity contribution in [3.8, 4) is 5.75 Å². The third-order valence-corrected chi connectivity index (χ3v) is 3.71. The van der Waals surface area contributed by atoms with Crippen molar-refractivity contribution < 1.29 is 9.53 Å². The Morgan fingerprint density at radius 1 is 1.30 bits per heavy atom. The molecular formula is C17H16ClN3O2. The van der Waals surface area contributed by atoms with Gasteiger partial charge >= 0.3 is 0 Å². The van der Waals surface area contributed by atoms with Crippen molar-refractivity contribution in [2.45, 2.75) is 6.42 Å². The van der Waals surface area contributed by atoms with Gasteiger partial charge in [0.1, 0.15) is 11.6 Å². The maximum absolute atomic E-state index is 12.0. The molecule has 0 aliphatic rings. The second-order valence-electron chi connectivity index (χ2n) is 5.08. The first-order chi connectivity index (χ1) is 11.2. The molecule has 0 spiro atoms. The Balaban J connectivity index is 1.61. The quantitative estimate of drug-likeness (QED) is 0.755. The summed E-state index contributed by atoms with van der Waals surface area (Å²) in [5.74, 6) is 1.45. The lowest BCUT2D eigenvalue weighted by molar-refractivity contribution is 0.0954. The highest BCUT2D eigenvalue weighted by Gasteiger charge is 2.07. The molecule has 23 heavy (non-hydrogen) atoms. The van der Waals surface area contributed by atoms with Gasteiger partial charge in [0.2, 0.25) is 0 Å². The molecule has 3 aromatic rings. The van der Waals surface area contributed by atoms with E-state index in [0.717, 1.165) is 22.6 Å². The molecule has 0 bridgehead atoms. The number of nitrogens with one attached hydrogen (secondary N) is 2. The topological polar surface area (TPSA) is 67.0 Å². The minimum absolute atomic E-state index is 0.148. The van der Waals surface area contributed by atoms with Crippen LogP contribution in [0.5, 0.6) is 5.75 Å². The number of rotatable bonds is 5. The van der Waals surface area contributed by atoms with Gasteiger partial charge in [-0.1, -0.05) is 17.7 Å². The summed E-state index contributed by atoms with van der Waals surface area (Å²) in [5, 5.41) is 3.40. The Bertz CT molecular complexity index is 845. The average molecular weight is 330 g/mol. The molecule has 118 valence electrons. The number of amides is 1. The van der Waals surface area contributed by atoms with Crippen LogP contribution in [0.1, 0.15) is 16.2 Å². The SMILES string of the molecule is COc1ccc2nc(CCNC(=O)c3cccc(Cl)c3)[nH]c2c1. The van der Waals surface area contributed by atoms with Crippen LogP contribution in [0, 0.1) is 0 Å². The zero-order valence-electron chi connectivity index (χ0n) is 12.6. The predicted molar refractivity (Wildman–Crippen MR) is 90.1 cm³/mol. The summed E-state index contributed by atoms with van der Waals surface area (Å²) < 4.78 is 5.19. The van der Waals surface area contributed by atoms with E-state index in [1.807, 2.05) is 18.2 Å². The third kappa shape index (κ3) is 3.63. The number of H-pyrrole nitrogens is 1. The number of imidazole rings is 1. The normalized spacial score (nSPS) is 10.7. The van der Waals surface area contributed by atoms with E-state index in [2.05, 4.69) is 15.3 Å². The summed E-state index contributed by atoms with van der Waals surface area (Å²) in [6.07, 6.45) is 0.614. The van der Waals surface area contributed by atoms with Crippen LogP contribution in [0.25, 0.3) is 11.0 Å². The number of hydrogen-bond acceptors (Lipinski definition) is 3. The summed E-state index contributed by atoms with van der Waals surface area (Å²) in [5.41, 5.74) is 2.34. The Hall–Kier alpha value is -2.53. The maximum Gasteiger partial charge on any atom is 0.251 e. The molecule has 0 fully saturated rings. The number of aromatic nitrogens is 2. The summed E-state index contributed by atoms with van der Waals surface area (Å²) in [6.45, 7) is 0.488. The zero-order chi connectivity index (χ0) is 16.2. The number of nitrogens with zero attached hydrogens (tertiary/aromatic N) is 1. The van der Waals surface area contributed by atoms with Gasteiger partial charge in [0.25, 0.3) is 5.91 Å². The van der Waals surface area contributed by atoms with E-state index in [9.17, 15) is 4.79 Å². The molecule has 0 radical (unpaired) electrons. The van der Waals surface area contributed by atoms with Gasteiger partial charge in [-0.2, -0.15) is 0 Å². The van der Waals surface area contributed by atoms with Crippen LogP contribution in [-0.2, 0) is 6.42 Å². The van der Waals surface area contributed by atoms with Gasteiger partial charge in [-0.05, 0) is 30.3 Å². The first-order valence-electron chi connectivity index (χ1n) is 7.22. The van der Waals surface area contributed by atoms with Gasteiger partial charge in [-0.15, -0.1) is 0 Å². The molecule has 3 rings (SSSR count). The van der Waals surface area contributed by atoms with E-state index in [4.69, 9.17) is 16.3 Å². The summed E-state index contributed by atoms with van der Waals surface area (Å²) in [7, 11) is 1.63. The van der Waals surface area contributed by atoms with Crippen LogP contribution in [0.4, 0.5) is 0 Å². The number of carbonyl (C=O) groups excluding carboxylic acids is 1. The number of aromatic amines is 1. The van der Waals surface area contributed by atoms with E-state index in [0.29, 0.717) is 23.6 Å². The number of halogens is 1. The van der Waals surface area contributed by atoms with Crippen molar-refractivity contribution in [3.05, 3.63) is 58.9 Å². The van der Waals surface area contributed by atoms with E-state index in [1.165, 1.54) is 0 Å². The van der Waals surface area contributed by atoms with Gasteiger partial charge in [-0.25, -0.2) is 4.98 Å². The number of benzene rings is 2. The molecule has 0 saturated heterocycles. The van der Waals surface area contributed by atoms with Crippen LogP contribution in [0.3, 0.4) is 0 Å². The molecular weight excluding hydrogens is 314 g/mol. The molecule has 2 N–H and O–H groups in total. The number of hydrogen-bond donors (Lipinski definition) is 2. The fourth-order valence-corrected chi connectivity index (χ4v) is 2.50. The molecule has 1 aromatic heterocycles. The second kappa shape index (κ2) is 6.71. The second-order valence-corrected chi connectivity index (χ2v) is 5.52. The van der Waals surface area contributed by atoms with E-state index in [-0.39, 0.29) is 5.91 Å². The van der Waals surface area contributed by atoms with Crippen LogP contribution in [-0.4, -0.2) is 29.5 Å². The molecule has 0 saturated carbocycles. The predicted octanol–water partition coefficient (Wildman–Crippen LogP) is 3.20. The molecule has 0 aliphatic heterocycles. The maximum atomic E-state index is 12.0. The van der Waals surface area contributed by atoms with Crippen molar-refractivity contribution in [1.82, 2.24) is 15.3 Å². The van der Waals surface area contributed by atoms with Gasteiger partial charge in [0.05, 0.1) is 18.1 Å². The van der Waals surface area contributed by atoms with E-state index in [1.54, 1.807) is 31.4 Å². The molecule has 1 heterocycles. The lowest BCUT2D eigenvalue weighted by Crippen LogP contribution is -2.25. The number of fused-ring (bicyclic) bond motifs is 1. The smallest absolute Gasteiger partial charge is 0.251 e. The standard InChI is InChI=1S/C17H16ClN3O2/c1-23-13-5-6-14-15(10-13)21-16(20-14)7-8-19-17(22)11-3-2-4-12(18)9-11/h2-6,9-10H,7-8H2,1H3,(H,19,22)(H,20,21). The lowest BCUT2D eigenvalue weighted by atomic mass is 10.2. The Kier molecular flexibility index (Phi) is 4.48. The number of ether oxygens (including phenoxy) is 1. The zero-order valence-corrected chi connectivity index (χ0v) is 13.4. The van der Waals surface area contributed by atoms with Crippen molar-refractivity contribution in [1.29, 1.82) is 0 Å². The number of carbonyl (C=O) groups is 1. The van der Waals surface area contributed by atoms with E-state index < -0.39 is 0 Å². The van der Waals surface area contributed by atoms with Crippen molar-refractivity contribution in [3.63, 3.8) is 0 Å². The van der Waals surface area contributed by atoms with Crippen LogP contribution >= 0.6 is 11.6 Å². The first kappa shape index (κ1) is 15.4. The molecule has 1 amide bonds. The van der Waals surface area contributed by atoms with Gasteiger partial charge in [0, 0.05) is 29.6 Å². The minimum atomic E-state index is -0.148. The summed E-state index contributed by atoms with van der Waals surface area (Å²) >= 11 is 5.88. The first-order valence-corrected chi connectivity index (χ1v) is 7.60. The highest BCUT2D eigenvalue weighted by atomic mass is 35.5. The Labute approximate surface area is 138 Å². The Morgan fingerprint density at radius 2 is 2.17 bits per heavy atom. The monoisotopic (exact) mass is 329 g/mol. The van der Waals surface area contributed by atoms with Gasteiger partial charge < -0.3 is 15.0 Å². The third-order valence-electron chi connectivity index (χ3n) is 3.47. The average Bonchev–Trinajstić information content (AvgIpc) is 2.96. The van der Waals surface area contributed by atoms with Crippen molar-refractivity contribution in [2.75, 3.05) is 13.7 Å². The van der Waals surface area contributed by atoms with Crippen LogP contribution in [0.2, 0.25) is 5.02 Å². The minimum Gasteiger partial charge on any atom is -0.497 e. The summed E-state index contributed by atoms with van der Waals surface area (Å²) in [4.78, 5) is 19.7. The molecule has 0 unspecified atom stereocenters. The van der Waals surface area contributed by atoms with Crippen molar-refractivity contribution >= 4 is 28.5 Å². The summed E-state index contributed by atoms with van der Waals surface area (Å²) in [6, 6.07) is 12.5. The van der Waals surface area contributed by atoms with E-state index >= 15 is 0 Å². The van der Waals surface area contributed by atoms with Gasteiger partial charge in [0.15, 0.2) is 0 Å². The highest BCUT2D eigenvalue weighted by molar-refractivity contribution is 6.30. The molecule has 5 nitrogen and oxygen atoms in total.